The summed E-state index contributed by atoms with van der Waals surface area (Å²) in [4.78, 5) is 0. The quantitative estimate of drug-likeness (QED) is 0.642. The van der Waals surface area contributed by atoms with Crippen LogP contribution in [0.5, 0.6) is 0 Å². The highest BCUT2D eigenvalue weighted by Gasteiger charge is 2.52. The van der Waals surface area contributed by atoms with Gasteiger partial charge in [-0.15, -0.1) is 0 Å². The minimum Gasteiger partial charge on any atom is -0.0929 e. The summed E-state index contributed by atoms with van der Waals surface area (Å²) in [6, 6.07) is 11.2. The summed E-state index contributed by atoms with van der Waals surface area (Å²) in [6.45, 7) is 7.29. The van der Waals surface area contributed by atoms with Gasteiger partial charge in [-0.2, -0.15) is 0 Å². The first-order valence-corrected chi connectivity index (χ1v) is 8.36. The van der Waals surface area contributed by atoms with Gasteiger partial charge in [0.15, 0.2) is 0 Å². The molecular formula is C19H26S. The lowest BCUT2D eigenvalue weighted by molar-refractivity contribution is 0.0152. The Bertz CT molecular complexity index is 504. The zero-order valence-corrected chi connectivity index (χ0v) is 13.8. The van der Waals surface area contributed by atoms with Crippen molar-refractivity contribution in [3.8, 4) is 0 Å². The molecule has 108 valence electrons. The van der Waals surface area contributed by atoms with Crippen LogP contribution in [0.3, 0.4) is 0 Å². The fourth-order valence-electron chi connectivity index (χ4n) is 5.45. The average Bonchev–Trinajstić information content (AvgIpc) is 2.37. The summed E-state index contributed by atoms with van der Waals surface area (Å²) >= 11 is 5.40. The Morgan fingerprint density at radius 1 is 1.00 bits per heavy atom. The molecule has 2 saturated carbocycles. The molecule has 0 saturated heterocycles. The SMILES string of the molecule is CC1(C)CC2CC(C)(C=S)CC(c3ccccc3)(C2)C1. The molecular weight excluding hydrogens is 260 g/mol. The number of rotatable bonds is 2. The zero-order valence-electron chi connectivity index (χ0n) is 13.0. The molecule has 3 rings (SSSR count). The monoisotopic (exact) mass is 286 g/mol. The van der Waals surface area contributed by atoms with Crippen molar-refractivity contribution in [2.75, 3.05) is 0 Å². The largest absolute Gasteiger partial charge is 0.0929 e. The molecule has 2 bridgehead atoms. The van der Waals surface area contributed by atoms with E-state index in [1.54, 1.807) is 5.56 Å². The van der Waals surface area contributed by atoms with Gasteiger partial charge in [0.05, 0.1) is 0 Å². The van der Waals surface area contributed by atoms with Crippen LogP contribution in [0, 0.1) is 16.7 Å². The number of fused-ring (bicyclic) bond motifs is 2. The molecule has 2 aliphatic carbocycles. The number of hydrogen-bond acceptors (Lipinski definition) is 1. The lowest BCUT2D eigenvalue weighted by atomic mass is 9.48. The van der Waals surface area contributed by atoms with E-state index < -0.39 is 0 Å². The summed E-state index contributed by atoms with van der Waals surface area (Å²) in [5, 5.41) is 2.06. The topological polar surface area (TPSA) is 0 Å². The van der Waals surface area contributed by atoms with Crippen molar-refractivity contribution in [3.05, 3.63) is 35.9 Å². The maximum Gasteiger partial charge on any atom is -0.00308 e. The number of benzene rings is 1. The van der Waals surface area contributed by atoms with E-state index in [1.165, 1.54) is 32.1 Å². The minimum absolute atomic E-state index is 0.241. The van der Waals surface area contributed by atoms with Crippen LogP contribution in [0.15, 0.2) is 30.3 Å². The van der Waals surface area contributed by atoms with Crippen molar-refractivity contribution < 1.29 is 0 Å². The van der Waals surface area contributed by atoms with Gasteiger partial charge in [0, 0.05) is 0 Å². The van der Waals surface area contributed by atoms with E-state index >= 15 is 0 Å². The summed E-state index contributed by atoms with van der Waals surface area (Å²) < 4.78 is 0. The second-order valence-corrected chi connectivity index (χ2v) is 8.65. The first kappa shape index (κ1) is 14.3. The minimum atomic E-state index is 0.241. The molecule has 2 fully saturated rings. The van der Waals surface area contributed by atoms with E-state index in [0.717, 1.165) is 5.92 Å². The second kappa shape index (κ2) is 4.66. The van der Waals surface area contributed by atoms with Crippen LogP contribution >= 0.6 is 12.2 Å². The highest BCUT2D eigenvalue weighted by atomic mass is 32.1. The third kappa shape index (κ3) is 2.45. The maximum atomic E-state index is 5.40. The molecule has 0 radical (unpaired) electrons. The first-order chi connectivity index (χ1) is 9.37. The number of hydrogen-bond donors (Lipinski definition) is 0. The Labute approximate surface area is 129 Å². The van der Waals surface area contributed by atoms with E-state index in [4.69, 9.17) is 12.2 Å². The van der Waals surface area contributed by atoms with Crippen molar-refractivity contribution in [1.29, 1.82) is 0 Å². The van der Waals surface area contributed by atoms with Gasteiger partial charge in [0.1, 0.15) is 0 Å². The van der Waals surface area contributed by atoms with Crippen LogP contribution in [0.25, 0.3) is 0 Å². The Kier molecular flexibility index (Phi) is 3.32. The molecule has 0 amide bonds. The second-order valence-electron chi connectivity index (χ2n) is 8.41. The van der Waals surface area contributed by atoms with Gasteiger partial charge in [0.2, 0.25) is 0 Å². The Balaban J connectivity index is 2.06. The van der Waals surface area contributed by atoms with Crippen molar-refractivity contribution in [1.82, 2.24) is 0 Å². The average molecular weight is 286 g/mol. The lowest BCUT2D eigenvalue weighted by Gasteiger charge is -2.56. The Morgan fingerprint density at radius 2 is 1.70 bits per heavy atom. The molecule has 20 heavy (non-hydrogen) atoms. The Morgan fingerprint density at radius 3 is 2.35 bits per heavy atom. The molecule has 0 aliphatic heterocycles. The van der Waals surface area contributed by atoms with Gasteiger partial charge in [-0.05, 0) is 65.2 Å². The summed E-state index contributed by atoms with van der Waals surface area (Å²) in [5.41, 5.74) is 2.59. The van der Waals surface area contributed by atoms with Gasteiger partial charge in [0.25, 0.3) is 0 Å². The van der Waals surface area contributed by atoms with Gasteiger partial charge in [-0.3, -0.25) is 0 Å². The zero-order chi connectivity index (χ0) is 14.4. The van der Waals surface area contributed by atoms with Crippen LogP contribution in [0.1, 0.15) is 58.4 Å². The molecule has 0 spiro atoms. The van der Waals surface area contributed by atoms with Crippen LogP contribution in [0.4, 0.5) is 0 Å². The van der Waals surface area contributed by atoms with Gasteiger partial charge >= 0.3 is 0 Å². The smallest absolute Gasteiger partial charge is 0.00308 e. The fourth-order valence-corrected chi connectivity index (χ4v) is 5.63. The van der Waals surface area contributed by atoms with E-state index in [2.05, 4.69) is 56.5 Å². The van der Waals surface area contributed by atoms with Crippen molar-refractivity contribution in [3.63, 3.8) is 0 Å². The molecule has 3 atom stereocenters. The van der Waals surface area contributed by atoms with Crippen LogP contribution < -0.4 is 0 Å². The standard InChI is InChI=1S/C19H26S/c1-17(2)9-15-10-18(3,14-20)13-19(11-15,12-17)16-7-5-4-6-8-16/h4-8,14-15H,9-13H2,1-3H3. The molecule has 3 unspecified atom stereocenters. The number of thiocarbonyl (C=S) groups is 1. The van der Waals surface area contributed by atoms with E-state index in [9.17, 15) is 0 Å². The molecule has 0 aromatic heterocycles. The fraction of sp³-hybridized carbons (Fsp3) is 0.632. The summed E-state index contributed by atoms with van der Waals surface area (Å²) in [7, 11) is 0. The first-order valence-electron chi connectivity index (χ1n) is 7.88. The predicted octanol–water partition coefficient (Wildman–Crippen LogP) is 5.55. The van der Waals surface area contributed by atoms with Crippen LogP contribution in [0.2, 0.25) is 0 Å². The lowest BCUT2D eigenvalue weighted by Crippen LogP contribution is -2.49. The Hall–Kier alpha value is -0.690. The third-order valence-electron chi connectivity index (χ3n) is 5.51. The van der Waals surface area contributed by atoms with Crippen molar-refractivity contribution in [2.24, 2.45) is 16.7 Å². The van der Waals surface area contributed by atoms with Gasteiger partial charge in [-0.1, -0.05) is 63.3 Å². The molecule has 0 nitrogen and oxygen atoms in total. The molecule has 2 aliphatic rings. The molecule has 0 N–H and O–H groups in total. The highest BCUT2D eigenvalue weighted by Crippen LogP contribution is 2.60. The van der Waals surface area contributed by atoms with Gasteiger partial charge in [-0.25, -0.2) is 0 Å². The van der Waals surface area contributed by atoms with Gasteiger partial charge < -0.3 is 0 Å². The van der Waals surface area contributed by atoms with Crippen LogP contribution in [-0.4, -0.2) is 5.37 Å². The van der Waals surface area contributed by atoms with Crippen molar-refractivity contribution >= 4 is 17.6 Å². The molecule has 1 heteroatoms. The molecule has 1 aromatic carbocycles. The predicted molar refractivity (Wildman–Crippen MR) is 90.2 cm³/mol. The molecule has 1 aromatic rings. The molecule has 0 heterocycles. The van der Waals surface area contributed by atoms with E-state index in [1.807, 2.05) is 0 Å². The summed E-state index contributed by atoms with van der Waals surface area (Å²) in [6.07, 6.45) is 6.54. The van der Waals surface area contributed by atoms with E-state index in [0.29, 0.717) is 10.8 Å². The van der Waals surface area contributed by atoms with Crippen LogP contribution in [-0.2, 0) is 5.41 Å². The van der Waals surface area contributed by atoms with E-state index in [-0.39, 0.29) is 5.41 Å². The highest BCUT2D eigenvalue weighted by molar-refractivity contribution is 7.79. The van der Waals surface area contributed by atoms with Crippen molar-refractivity contribution in [2.45, 2.75) is 58.3 Å². The maximum absolute atomic E-state index is 5.40. The summed E-state index contributed by atoms with van der Waals surface area (Å²) in [5.74, 6) is 0.830. The normalized spacial score (nSPS) is 39.2. The third-order valence-corrected chi connectivity index (χ3v) is 6.07.